The number of ether oxygens (including phenoxy) is 1. The third-order valence-electron chi connectivity index (χ3n) is 5.86. The fourth-order valence-electron chi connectivity index (χ4n) is 4.08. The topological polar surface area (TPSA) is 90.6 Å². The van der Waals surface area contributed by atoms with Crippen LogP contribution in [0.4, 0.5) is 4.39 Å². The first-order chi connectivity index (χ1) is 16.5. The van der Waals surface area contributed by atoms with Crippen LogP contribution < -0.4 is 0 Å². The molecule has 0 bridgehead atoms. The molecule has 0 aromatic heterocycles. The summed E-state index contributed by atoms with van der Waals surface area (Å²) in [6.45, 7) is 0.000993. The quantitative estimate of drug-likeness (QED) is 0.570. The van der Waals surface area contributed by atoms with Crippen LogP contribution in [0.1, 0.15) is 23.1 Å². The van der Waals surface area contributed by atoms with Gasteiger partial charge in [-0.05, 0) is 34.4 Å². The minimum atomic E-state index is -0.920. The molecule has 1 aliphatic heterocycles. The normalized spacial score (nSPS) is 17.3. The summed E-state index contributed by atoms with van der Waals surface area (Å²) in [5.74, 6) is -1.54. The van der Waals surface area contributed by atoms with Gasteiger partial charge in [-0.1, -0.05) is 60.7 Å². The Morgan fingerprint density at radius 1 is 1.06 bits per heavy atom. The molecule has 1 fully saturated rings. The number of nitriles is 1. The van der Waals surface area contributed by atoms with Crippen molar-refractivity contribution < 1.29 is 23.8 Å². The molecule has 1 heterocycles. The second-order valence-electron chi connectivity index (χ2n) is 8.18. The Labute approximate surface area is 196 Å². The van der Waals surface area contributed by atoms with Crippen molar-refractivity contribution in [2.75, 3.05) is 6.54 Å². The first-order valence-corrected chi connectivity index (χ1v) is 10.9. The van der Waals surface area contributed by atoms with Gasteiger partial charge in [0.05, 0.1) is 24.2 Å². The molecule has 34 heavy (non-hydrogen) atoms. The number of benzene rings is 3. The van der Waals surface area contributed by atoms with Gasteiger partial charge in [0, 0.05) is 13.0 Å². The number of esters is 1. The van der Waals surface area contributed by atoms with E-state index in [1.807, 2.05) is 24.3 Å². The lowest BCUT2D eigenvalue weighted by Gasteiger charge is -2.23. The van der Waals surface area contributed by atoms with Gasteiger partial charge in [0.2, 0.25) is 5.91 Å². The van der Waals surface area contributed by atoms with Gasteiger partial charge in [-0.25, -0.2) is 9.18 Å². The molecule has 1 saturated heterocycles. The van der Waals surface area contributed by atoms with Crippen LogP contribution in [0.15, 0.2) is 72.8 Å². The molecule has 172 valence electrons. The third-order valence-corrected chi connectivity index (χ3v) is 5.86. The largest absolute Gasteiger partial charge is 0.459 e. The number of halogens is 1. The zero-order valence-electron chi connectivity index (χ0n) is 18.4. The van der Waals surface area contributed by atoms with Crippen molar-refractivity contribution in [2.24, 2.45) is 0 Å². The predicted octanol–water partition coefficient (Wildman–Crippen LogP) is 3.61. The minimum absolute atomic E-state index is 0.0000508. The summed E-state index contributed by atoms with van der Waals surface area (Å²) in [7, 11) is 0. The van der Waals surface area contributed by atoms with Crippen LogP contribution in [0.3, 0.4) is 0 Å². The maximum atomic E-state index is 13.9. The molecule has 0 radical (unpaired) electrons. The number of nitrogens with zero attached hydrogens (tertiary/aromatic N) is 2. The van der Waals surface area contributed by atoms with E-state index in [1.165, 1.54) is 23.1 Å². The van der Waals surface area contributed by atoms with Crippen LogP contribution in [0.2, 0.25) is 0 Å². The summed E-state index contributed by atoms with van der Waals surface area (Å²) in [6, 6.07) is 21.8. The second kappa shape index (κ2) is 10.3. The number of β-amino-alcohol motifs (C(OH)–C–C–N with tert-alkyl or cyclic N) is 1. The van der Waals surface area contributed by atoms with Gasteiger partial charge in [0.1, 0.15) is 18.5 Å². The van der Waals surface area contributed by atoms with E-state index in [0.29, 0.717) is 5.56 Å². The lowest BCUT2D eigenvalue weighted by Crippen LogP contribution is -2.42. The SMILES string of the molecule is N#Cc1ccccc1-c1ccc(COC(=O)C2CC(O)CN2C(=O)Cc2ccccc2F)cc1. The molecule has 6 nitrogen and oxygen atoms in total. The molecular weight excluding hydrogens is 435 g/mol. The standard InChI is InChI=1S/C27H23FN2O4/c28-24-8-4-2-5-20(24)13-26(32)30-16-22(31)14-25(30)27(33)34-17-18-9-11-19(12-10-18)23-7-3-1-6-21(23)15-29/h1-12,22,25,31H,13-14,16-17H2. The van der Waals surface area contributed by atoms with Gasteiger partial charge in [0.15, 0.2) is 0 Å². The summed E-state index contributed by atoms with van der Waals surface area (Å²) in [6.07, 6.45) is -0.970. The zero-order chi connectivity index (χ0) is 24.1. The molecule has 2 unspecified atom stereocenters. The zero-order valence-corrected chi connectivity index (χ0v) is 18.4. The van der Waals surface area contributed by atoms with Crippen molar-refractivity contribution in [1.82, 2.24) is 4.90 Å². The van der Waals surface area contributed by atoms with Crippen LogP contribution in [0.25, 0.3) is 11.1 Å². The smallest absolute Gasteiger partial charge is 0.329 e. The molecule has 3 aromatic carbocycles. The Morgan fingerprint density at radius 3 is 2.50 bits per heavy atom. The van der Waals surface area contributed by atoms with E-state index in [9.17, 15) is 24.3 Å². The molecule has 0 spiro atoms. The van der Waals surface area contributed by atoms with Crippen molar-refractivity contribution in [3.63, 3.8) is 0 Å². The maximum absolute atomic E-state index is 13.9. The first-order valence-electron chi connectivity index (χ1n) is 10.9. The van der Waals surface area contributed by atoms with Crippen LogP contribution in [0.5, 0.6) is 0 Å². The van der Waals surface area contributed by atoms with Crippen LogP contribution in [-0.2, 0) is 27.4 Å². The molecule has 2 atom stereocenters. The molecule has 0 saturated carbocycles. The number of aliphatic hydroxyl groups is 1. The Balaban J connectivity index is 1.39. The van der Waals surface area contributed by atoms with Crippen LogP contribution in [-0.4, -0.2) is 40.6 Å². The van der Waals surface area contributed by atoms with Gasteiger partial charge in [0.25, 0.3) is 0 Å². The highest BCUT2D eigenvalue weighted by Gasteiger charge is 2.39. The molecular formula is C27H23FN2O4. The highest BCUT2D eigenvalue weighted by atomic mass is 19.1. The van der Waals surface area contributed by atoms with Crippen molar-refractivity contribution in [1.29, 1.82) is 5.26 Å². The lowest BCUT2D eigenvalue weighted by molar-refractivity contribution is -0.154. The average molecular weight is 458 g/mol. The van der Waals surface area contributed by atoms with Gasteiger partial charge in [-0.15, -0.1) is 0 Å². The van der Waals surface area contributed by atoms with E-state index < -0.39 is 29.8 Å². The molecule has 7 heteroatoms. The lowest BCUT2D eigenvalue weighted by atomic mass is 9.99. The second-order valence-corrected chi connectivity index (χ2v) is 8.18. The first kappa shape index (κ1) is 23.1. The van der Waals surface area contributed by atoms with E-state index in [4.69, 9.17) is 4.74 Å². The highest BCUT2D eigenvalue weighted by molar-refractivity contribution is 5.86. The van der Waals surface area contributed by atoms with E-state index in [1.54, 1.807) is 30.3 Å². The maximum Gasteiger partial charge on any atom is 0.329 e. The number of carbonyl (C=O) groups is 2. The van der Waals surface area contributed by atoms with Crippen molar-refractivity contribution in [3.05, 3.63) is 95.3 Å². The third kappa shape index (κ3) is 5.13. The summed E-state index contributed by atoms with van der Waals surface area (Å²) in [5, 5.41) is 19.3. The monoisotopic (exact) mass is 458 g/mol. The van der Waals surface area contributed by atoms with Crippen molar-refractivity contribution >= 4 is 11.9 Å². The predicted molar refractivity (Wildman–Crippen MR) is 123 cm³/mol. The fraction of sp³-hybridized carbons (Fsp3) is 0.222. The van der Waals surface area contributed by atoms with E-state index in [-0.39, 0.29) is 31.6 Å². The average Bonchev–Trinajstić information content (AvgIpc) is 3.26. The molecule has 0 aliphatic carbocycles. The fourth-order valence-corrected chi connectivity index (χ4v) is 4.08. The van der Waals surface area contributed by atoms with Crippen LogP contribution >= 0.6 is 0 Å². The van der Waals surface area contributed by atoms with Gasteiger partial charge in [-0.2, -0.15) is 5.26 Å². The Hall–Kier alpha value is -4.02. The molecule has 1 aliphatic rings. The number of hydrogen-bond donors (Lipinski definition) is 1. The number of hydrogen-bond acceptors (Lipinski definition) is 5. The number of aliphatic hydroxyl groups excluding tert-OH is 1. The highest BCUT2D eigenvalue weighted by Crippen LogP contribution is 2.25. The van der Waals surface area contributed by atoms with E-state index in [0.717, 1.165) is 16.7 Å². The number of likely N-dealkylation sites (tertiary alicyclic amines) is 1. The van der Waals surface area contributed by atoms with Gasteiger partial charge >= 0.3 is 5.97 Å². The van der Waals surface area contributed by atoms with Gasteiger partial charge in [-0.3, -0.25) is 4.79 Å². The van der Waals surface area contributed by atoms with Crippen molar-refractivity contribution in [2.45, 2.75) is 31.6 Å². The summed E-state index contributed by atoms with van der Waals surface area (Å²) in [5.41, 5.74) is 3.24. The molecule has 3 aromatic rings. The number of amides is 1. The Morgan fingerprint density at radius 2 is 1.76 bits per heavy atom. The summed E-state index contributed by atoms with van der Waals surface area (Å²) >= 11 is 0. The summed E-state index contributed by atoms with van der Waals surface area (Å²) in [4.78, 5) is 26.7. The molecule has 1 amide bonds. The van der Waals surface area contributed by atoms with E-state index in [2.05, 4.69) is 6.07 Å². The number of rotatable bonds is 6. The van der Waals surface area contributed by atoms with Crippen molar-refractivity contribution in [3.8, 4) is 17.2 Å². The minimum Gasteiger partial charge on any atom is -0.459 e. The van der Waals surface area contributed by atoms with Gasteiger partial charge < -0.3 is 14.7 Å². The van der Waals surface area contributed by atoms with E-state index >= 15 is 0 Å². The molecule has 1 N–H and O–H groups in total. The van der Waals surface area contributed by atoms with Crippen LogP contribution in [0, 0.1) is 17.1 Å². The molecule has 4 rings (SSSR count). The summed E-state index contributed by atoms with van der Waals surface area (Å²) < 4.78 is 19.4. The Bertz CT molecular complexity index is 1240. The Kier molecular flexibility index (Phi) is 7.00. The number of carbonyl (C=O) groups excluding carboxylic acids is 2.